The Bertz CT molecular complexity index is 385. The summed E-state index contributed by atoms with van der Waals surface area (Å²) in [5, 5.41) is 3.32. The van der Waals surface area contributed by atoms with Gasteiger partial charge in [0.1, 0.15) is 6.33 Å². The number of rotatable bonds is 2. The quantitative estimate of drug-likeness (QED) is 0.818. The molecule has 0 aromatic carbocycles. The van der Waals surface area contributed by atoms with Crippen LogP contribution in [0, 0.1) is 0 Å². The highest BCUT2D eigenvalue weighted by atomic mass is 16.2. The molecule has 1 N–H and O–H groups in total. The van der Waals surface area contributed by atoms with Gasteiger partial charge < -0.3 is 10.2 Å². The predicted molar refractivity (Wildman–Crippen MR) is 64.6 cm³/mol. The largest absolute Gasteiger partial charge is 0.338 e. The van der Waals surface area contributed by atoms with Gasteiger partial charge in [-0.05, 0) is 26.8 Å². The second kappa shape index (κ2) is 4.79. The number of nitrogens with zero attached hydrogens (tertiary/aromatic N) is 3. The van der Waals surface area contributed by atoms with Crippen LogP contribution in [0.3, 0.4) is 0 Å². The predicted octanol–water partition coefficient (Wildman–Crippen LogP) is 0.691. The fraction of sp³-hybridized carbons (Fsp3) is 0.583. The number of hydrogen-bond donors (Lipinski definition) is 1. The van der Waals surface area contributed by atoms with E-state index < -0.39 is 0 Å². The van der Waals surface area contributed by atoms with E-state index in [1.54, 1.807) is 12.4 Å². The molecule has 0 aliphatic carbocycles. The van der Waals surface area contributed by atoms with Crippen LogP contribution in [0.1, 0.15) is 30.1 Å². The van der Waals surface area contributed by atoms with Gasteiger partial charge in [-0.2, -0.15) is 0 Å². The Kier molecular flexibility index (Phi) is 3.38. The van der Waals surface area contributed by atoms with Crippen LogP contribution in [0.25, 0.3) is 0 Å². The van der Waals surface area contributed by atoms with Crippen molar-refractivity contribution in [1.29, 1.82) is 0 Å². The van der Waals surface area contributed by atoms with E-state index in [4.69, 9.17) is 0 Å². The molecule has 0 saturated carbocycles. The van der Waals surface area contributed by atoms with Crippen LogP contribution in [-0.2, 0) is 0 Å². The Hall–Kier alpha value is -1.49. The van der Waals surface area contributed by atoms with Gasteiger partial charge in [-0.1, -0.05) is 0 Å². The number of carbonyl (C=O) groups excluding carboxylic acids is 1. The Balaban J connectivity index is 2.00. The van der Waals surface area contributed by atoms with E-state index in [0.717, 1.165) is 25.9 Å². The van der Waals surface area contributed by atoms with Crippen LogP contribution in [0.15, 0.2) is 18.7 Å². The van der Waals surface area contributed by atoms with Crippen molar-refractivity contribution >= 4 is 5.91 Å². The van der Waals surface area contributed by atoms with Crippen molar-refractivity contribution in [2.24, 2.45) is 0 Å². The van der Waals surface area contributed by atoms with Crippen LogP contribution >= 0.6 is 0 Å². The zero-order chi connectivity index (χ0) is 12.3. The molecule has 0 atom stereocenters. The van der Waals surface area contributed by atoms with E-state index in [2.05, 4.69) is 22.2 Å². The molecule has 0 bridgehead atoms. The monoisotopic (exact) mass is 234 g/mol. The minimum absolute atomic E-state index is 0.0313. The van der Waals surface area contributed by atoms with Crippen molar-refractivity contribution in [2.75, 3.05) is 20.1 Å². The first-order valence-electron chi connectivity index (χ1n) is 5.88. The van der Waals surface area contributed by atoms with Crippen LogP contribution in [0.5, 0.6) is 0 Å². The molecule has 1 aliphatic rings. The third kappa shape index (κ3) is 2.61. The molecule has 1 fully saturated rings. The third-order valence-electron chi connectivity index (χ3n) is 3.57. The van der Waals surface area contributed by atoms with Crippen molar-refractivity contribution in [1.82, 2.24) is 20.2 Å². The van der Waals surface area contributed by atoms with Gasteiger partial charge in [0, 0.05) is 31.0 Å². The Labute approximate surface area is 101 Å². The van der Waals surface area contributed by atoms with Gasteiger partial charge in [-0.15, -0.1) is 0 Å². The number of nitrogens with one attached hydrogen (secondary N) is 1. The third-order valence-corrected chi connectivity index (χ3v) is 3.57. The summed E-state index contributed by atoms with van der Waals surface area (Å²) in [6.45, 7) is 3.76. The average Bonchev–Trinajstić information content (AvgIpc) is 2.40. The molecule has 1 aromatic heterocycles. The molecule has 1 aromatic rings. The number of amides is 1. The summed E-state index contributed by atoms with van der Waals surface area (Å²) in [6, 6.07) is 0. The molecule has 2 rings (SSSR count). The van der Waals surface area contributed by atoms with Crippen LogP contribution in [0.2, 0.25) is 0 Å². The minimum atomic E-state index is 0.0313. The molecule has 92 valence electrons. The number of piperidine rings is 1. The summed E-state index contributed by atoms with van der Waals surface area (Å²) in [5.74, 6) is 0.0313. The zero-order valence-electron chi connectivity index (χ0n) is 10.3. The summed E-state index contributed by atoms with van der Waals surface area (Å²) in [4.78, 5) is 21.7. The smallest absolute Gasteiger partial charge is 0.256 e. The van der Waals surface area contributed by atoms with Crippen molar-refractivity contribution < 1.29 is 4.79 Å². The van der Waals surface area contributed by atoms with E-state index in [1.807, 2.05) is 11.9 Å². The molecular weight excluding hydrogens is 216 g/mol. The topological polar surface area (TPSA) is 58.1 Å². The van der Waals surface area contributed by atoms with Gasteiger partial charge in [0.2, 0.25) is 0 Å². The maximum Gasteiger partial charge on any atom is 0.256 e. The summed E-state index contributed by atoms with van der Waals surface area (Å²) < 4.78 is 0. The second-order valence-corrected chi connectivity index (χ2v) is 4.73. The highest BCUT2D eigenvalue weighted by Crippen LogP contribution is 2.22. The van der Waals surface area contributed by atoms with Gasteiger partial charge in [-0.25, -0.2) is 9.97 Å². The fourth-order valence-corrected chi connectivity index (χ4v) is 2.05. The van der Waals surface area contributed by atoms with Crippen LogP contribution < -0.4 is 5.32 Å². The molecule has 2 heterocycles. The van der Waals surface area contributed by atoms with Crippen molar-refractivity contribution in [2.45, 2.75) is 25.3 Å². The molecule has 1 amide bonds. The zero-order valence-corrected chi connectivity index (χ0v) is 10.3. The van der Waals surface area contributed by atoms with Gasteiger partial charge in [0.05, 0.1) is 5.56 Å². The lowest BCUT2D eigenvalue weighted by Gasteiger charge is -2.39. The van der Waals surface area contributed by atoms with Crippen LogP contribution in [0.4, 0.5) is 0 Å². The normalized spacial score (nSPS) is 19.1. The Morgan fingerprint density at radius 2 is 1.94 bits per heavy atom. The van der Waals surface area contributed by atoms with E-state index in [1.165, 1.54) is 6.33 Å². The van der Waals surface area contributed by atoms with E-state index >= 15 is 0 Å². The van der Waals surface area contributed by atoms with Crippen molar-refractivity contribution in [3.63, 3.8) is 0 Å². The summed E-state index contributed by atoms with van der Waals surface area (Å²) in [6.07, 6.45) is 6.53. The lowest BCUT2D eigenvalue weighted by atomic mass is 9.90. The summed E-state index contributed by atoms with van der Waals surface area (Å²) in [7, 11) is 1.97. The molecule has 0 unspecified atom stereocenters. The molecule has 0 spiro atoms. The average molecular weight is 234 g/mol. The highest BCUT2D eigenvalue weighted by molar-refractivity contribution is 5.93. The first-order valence-corrected chi connectivity index (χ1v) is 5.88. The lowest BCUT2D eigenvalue weighted by Crippen LogP contribution is -2.51. The minimum Gasteiger partial charge on any atom is -0.338 e. The number of likely N-dealkylation sites (tertiary alicyclic amines) is 1. The van der Waals surface area contributed by atoms with E-state index in [-0.39, 0.29) is 11.4 Å². The second-order valence-electron chi connectivity index (χ2n) is 4.73. The van der Waals surface area contributed by atoms with Crippen LogP contribution in [-0.4, -0.2) is 46.5 Å². The maximum atomic E-state index is 12.1. The Morgan fingerprint density at radius 1 is 1.35 bits per heavy atom. The molecule has 5 heteroatoms. The van der Waals surface area contributed by atoms with E-state index in [0.29, 0.717) is 5.56 Å². The molecule has 5 nitrogen and oxygen atoms in total. The van der Waals surface area contributed by atoms with Gasteiger partial charge >= 0.3 is 0 Å². The molecule has 1 aliphatic heterocycles. The first-order chi connectivity index (χ1) is 8.14. The number of hydrogen-bond acceptors (Lipinski definition) is 4. The molecular formula is C12H18N4O. The number of carbonyl (C=O) groups is 1. The van der Waals surface area contributed by atoms with Crippen molar-refractivity contribution in [3.8, 4) is 0 Å². The molecule has 1 saturated heterocycles. The SMILES string of the molecule is CNC1(C)CCN(C(=O)c2cncnc2)CC1. The first kappa shape index (κ1) is 12.0. The summed E-state index contributed by atoms with van der Waals surface area (Å²) >= 11 is 0. The van der Waals surface area contributed by atoms with Gasteiger partial charge in [0.25, 0.3) is 5.91 Å². The maximum absolute atomic E-state index is 12.1. The highest BCUT2D eigenvalue weighted by Gasteiger charge is 2.30. The molecule has 17 heavy (non-hydrogen) atoms. The standard InChI is InChI=1S/C12H18N4O/c1-12(13-2)3-5-16(6-4-12)11(17)10-7-14-9-15-8-10/h7-9,13H,3-6H2,1-2H3. The Morgan fingerprint density at radius 3 is 2.47 bits per heavy atom. The van der Waals surface area contributed by atoms with E-state index in [9.17, 15) is 4.79 Å². The number of aromatic nitrogens is 2. The fourth-order valence-electron chi connectivity index (χ4n) is 2.05. The summed E-state index contributed by atoms with van der Waals surface area (Å²) in [5.41, 5.74) is 0.727. The van der Waals surface area contributed by atoms with Gasteiger partial charge in [0.15, 0.2) is 0 Å². The lowest BCUT2D eigenvalue weighted by molar-refractivity contribution is 0.0661. The van der Waals surface area contributed by atoms with Crippen molar-refractivity contribution in [3.05, 3.63) is 24.3 Å². The van der Waals surface area contributed by atoms with Gasteiger partial charge in [-0.3, -0.25) is 4.79 Å². The molecule has 0 radical (unpaired) electrons.